The fourth-order valence-electron chi connectivity index (χ4n) is 3.24. The van der Waals surface area contributed by atoms with Crippen LogP contribution in [0.2, 0.25) is 0 Å². The zero-order chi connectivity index (χ0) is 13.6. The Morgan fingerprint density at radius 1 is 1.32 bits per heavy atom. The monoisotopic (exact) mass is 265 g/mol. The zero-order valence-corrected chi connectivity index (χ0v) is 12.3. The van der Waals surface area contributed by atoms with Gasteiger partial charge >= 0.3 is 0 Å². The molecule has 19 heavy (non-hydrogen) atoms. The van der Waals surface area contributed by atoms with E-state index >= 15 is 0 Å². The van der Waals surface area contributed by atoms with Crippen molar-refractivity contribution in [2.45, 2.75) is 64.0 Å². The van der Waals surface area contributed by atoms with Crippen LogP contribution in [0.1, 0.15) is 64.2 Å². The van der Waals surface area contributed by atoms with Crippen LogP contribution in [0.4, 0.5) is 0 Å². The summed E-state index contributed by atoms with van der Waals surface area (Å²) in [5.74, 6) is 1.02. The number of hydrogen-bond acceptors (Lipinski definition) is 3. The van der Waals surface area contributed by atoms with Crippen LogP contribution < -0.4 is 5.32 Å². The summed E-state index contributed by atoms with van der Waals surface area (Å²) in [5.41, 5.74) is -0.0833. The summed E-state index contributed by atoms with van der Waals surface area (Å²) < 4.78 is 11.9. The van der Waals surface area contributed by atoms with E-state index in [1.807, 2.05) is 6.07 Å². The van der Waals surface area contributed by atoms with Gasteiger partial charge in [0.15, 0.2) is 0 Å². The van der Waals surface area contributed by atoms with Crippen LogP contribution in [0, 0.1) is 0 Å². The van der Waals surface area contributed by atoms with Gasteiger partial charge in [0, 0.05) is 6.61 Å². The molecule has 108 valence electrons. The first-order chi connectivity index (χ1) is 9.32. The molecule has 3 heteroatoms. The molecule has 1 atom stereocenters. The van der Waals surface area contributed by atoms with Gasteiger partial charge in [-0.15, -0.1) is 0 Å². The number of furan rings is 1. The van der Waals surface area contributed by atoms with Gasteiger partial charge in [-0.05, 0) is 44.9 Å². The summed E-state index contributed by atoms with van der Waals surface area (Å²) in [6.07, 6.45) is 8.98. The van der Waals surface area contributed by atoms with Crippen molar-refractivity contribution in [2.75, 3.05) is 13.2 Å². The lowest BCUT2D eigenvalue weighted by molar-refractivity contribution is -0.0951. The lowest BCUT2D eigenvalue weighted by Crippen LogP contribution is -2.47. The van der Waals surface area contributed by atoms with Crippen LogP contribution in [0.25, 0.3) is 0 Å². The molecule has 0 saturated heterocycles. The molecule has 0 aliphatic heterocycles. The van der Waals surface area contributed by atoms with Gasteiger partial charge in [0.2, 0.25) is 0 Å². The van der Waals surface area contributed by atoms with Crippen LogP contribution in [0.5, 0.6) is 0 Å². The Labute approximate surface area is 116 Å². The second kappa shape index (κ2) is 7.11. The van der Waals surface area contributed by atoms with Crippen molar-refractivity contribution in [1.29, 1.82) is 0 Å². The molecule has 0 aromatic carbocycles. The summed E-state index contributed by atoms with van der Waals surface area (Å²) >= 11 is 0. The molecule has 1 aromatic heterocycles. The first kappa shape index (κ1) is 14.6. The predicted octanol–water partition coefficient (Wildman–Crippen LogP) is 4.06. The molecule has 1 aliphatic rings. The fraction of sp³-hybridized carbons (Fsp3) is 0.750. The molecule has 0 amide bonds. The molecule has 0 bridgehead atoms. The molecule has 1 saturated carbocycles. The maximum atomic E-state index is 6.23. The van der Waals surface area contributed by atoms with Crippen molar-refractivity contribution in [2.24, 2.45) is 0 Å². The Morgan fingerprint density at radius 3 is 2.68 bits per heavy atom. The summed E-state index contributed by atoms with van der Waals surface area (Å²) in [6, 6.07) is 4.23. The highest BCUT2D eigenvalue weighted by Crippen LogP contribution is 2.41. The molecular weight excluding hydrogens is 238 g/mol. The summed E-state index contributed by atoms with van der Waals surface area (Å²) in [4.78, 5) is 0. The van der Waals surface area contributed by atoms with Gasteiger partial charge in [0.05, 0.1) is 17.9 Å². The first-order valence-electron chi connectivity index (χ1n) is 7.73. The van der Waals surface area contributed by atoms with Gasteiger partial charge in [0.1, 0.15) is 5.76 Å². The Bertz CT molecular complexity index is 336. The second-order valence-electron chi connectivity index (χ2n) is 5.46. The van der Waals surface area contributed by atoms with Gasteiger partial charge in [0.25, 0.3) is 0 Å². The van der Waals surface area contributed by atoms with Crippen LogP contribution >= 0.6 is 0 Å². The third-order valence-corrected chi connectivity index (χ3v) is 4.08. The van der Waals surface area contributed by atoms with E-state index in [9.17, 15) is 0 Å². The molecule has 0 spiro atoms. The van der Waals surface area contributed by atoms with Crippen LogP contribution in [-0.4, -0.2) is 18.8 Å². The second-order valence-corrected chi connectivity index (χ2v) is 5.46. The minimum Gasteiger partial charge on any atom is -0.468 e. The highest BCUT2D eigenvalue weighted by atomic mass is 16.5. The van der Waals surface area contributed by atoms with Crippen LogP contribution in [0.15, 0.2) is 22.8 Å². The first-order valence-corrected chi connectivity index (χ1v) is 7.73. The maximum absolute atomic E-state index is 6.23. The number of hydrogen-bond donors (Lipinski definition) is 1. The van der Waals surface area contributed by atoms with Gasteiger partial charge in [-0.3, -0.25) is 0 Å². The Morgan fingerprint density at radius 2 is 2.11 bits per heavy atom. The van der Waals surface area contributed by atoms with Gasteiger partial charge < -0.3 is 14.5 Å². The molecular formula is C16H27NO2. The fourth-order valence-corrected chi connectivity index (χ4v) is 3.24. The Hall–Kier alpha value is -0.800. The SMILES string of the molecule is CCCNC(c1ccco1)C1(OCC)CCCCC1. The normalized spacial score (nSPS) is 20.3. The molecule has 1 fully saturated rings. The van der Waals surface area contributed by atoms with E-state index in [4.69, 9.17) is 9.15 Å². The molecule has 3 nitrogen and oxygen atoms in total. The molecule has 1 aliphatic carbocycles. The number of ether oxygens (including phenoxy) is 1. The third-order valence-electron chi connectivity index (χ3n) is 4.08. The number of rotatable bonds is 7. The molecule has 1 unspecified atom stereocenters. The van der Waals surface area contributed by atoms with Crippen molar-refractivity contribution in [1.82, 2.24) is 5.32 Å². The van der Waals surface area contributed by atoms with Crippen LogP contribution in [0.3, 0.4) is 0 Å². The van der Waals surface area contributed by atoms with Crippen molar-refractivity contribution >= 4 is 0 Å². The van der Waals surface area contributed by atoms with Crippen molar-refractivity contribution in [3.8, 4) is 0 Å². The topological polar surface area (TPSA) is 34.4 Å². The average molecular weight is 265 g/mol. The summed E-state index contributed by atoms with van der Waals surface area (Å²) in [6.45, 7) is 6.06. The zero-order valence-electron chi connectivity index (χ0n) is 12.3. The van der Waals surface area contributed by atoms with E-state index in [-0.39, 0.29) is 11.6 Å². The lowest BCUT2D eigenvalue weighted by atomic mass is 9.78. The lowest BCUT2D eigenvalue weighted by Gasteiger charge is -2.42. The van der Waals surface area contributed by atoms with E-state index in [1.165, 1.54) is 19.3 Å². The van der Waals surface area contributed by atoms with E-state index in [0.29, 0.717) is 0 Å². The number of nitrogens with one attached hydrogen (secondary N) is 1. The van der Waals surface area contributed by atoms with E-state index in [1.54, 1.807) is 6.26 Å². The molecule has 1 N–H and O–H groups in total. The van der Waals surface area contributed by atoms with E-state index in [2.05, 4.69) is 25.2 Å². The smallest absolute Gasteiger partial charge is 0.123 e. The molecule has 2 rings (SSSR count). The summed E-state index contributed by atoms with van der Waals surface area (Å²) in [7, 11) is 0. The Balaban J connectivity index is 2.21. The van der Waals surface area contributed by atoms with Gasteiger partial charge in [-0.1, -0.05) is 26.2 Å². The van der Waals surface area contributed by atoms with E-state index in [0.717, 1.165) is 38.2 Å². The van der Waals surface area contributed by atoms with Crippen LogP contribution in [-0.2, 0) is 4.74 Å². The largest absolute Gasteiger partial charge is 0.468 e. The van der Waals surface area contributed by atoms with E-state index < -0.39 is 0 Å². The van der Waals surface area contributed by atoms with Gasteiger partial charge in [-0.2, -0.15) is 0 Å². The molecule has 0 radical (unpaired) electrons. The van der Waals surface area contributed by atoms with Gasteiger partial charge in [-0.25, -0.2) is 0 Å². The van der Waals surface area contributed by atoms with Crippen molar-refractivity contribution in [3.63, 3.8) is 0 Å². The Kier molecular flexibility index (Phi) is 5.46. The highest BCUT2D eigenvalue weighted by Gasteiger charge is 2.42. The quantitative estimate of drug-likeness (QED) is 0.807. The highest BCUT2D eigenvalue weighted by molar-refractivity contribution is 5.12. The minimum absolute atomic E-state index is 0.0833. The average Bonchev–Trinajstić information content (AvgIpc) is 2.94. The minimum atomic E-state index is -0.0833. The maximum Gasteiger partial charge on any atom is 0.123 e. The molecule has 1 aromatic rings. The van der Waals surface area contributed by atoms with Crippen molar-refractivity contribution < 1.29 is 9.15 Å². The molecule has 1 heterocycles. The predicted molar refractivity (Wildman–Crippen MR) is 77.2 cm³/mol. The summed E-state index contributed by atoms with van der Waals surface area (Å²) in [5, 5.41) is 3.65. The van der Waals surface area contributed by atoms with Crippen molar-refractivity contribution in [3.05, 3.63) is 24.2 Å². The third kappa shape index (κ3) is 3.40. The standard InChI is InChI=1S/C16H27NO2/c1-3-12-17-15(14-9-8-13-18-14)16(19-4-2)10-6-5-7-11-16/h8-9,13,15,17H,3-7,10-12H2,1-2H3.